The Hall–Kier alpha value is -4.29. The summed E-state index contributed by atoms with van der Waals surface area (Å²) >= 11 is 1.15. The van der Waals surface area contributed by atoms with Crippen molar-refractivity contribution in [2.45, 2.75) is 0 Å². The standard InChI is InChI=1S/C23H13FN4O3S/c1-31-15-5-3-12(9-25)17(7-15)20-8-18-21(32-20)22(29)28(23(30)27-18)19-11-26-10-13-2-4-14(24)6-16(13)19/h2-8,10-11H,1H3,(H,27,30). The van der Waals surface area contributed by atoms with Crippen molar-refractivity contribution < 1.29 is 9.13 Å². The highest BCUT2D eigenvalue weighted by molar-refractivity contribution is 7.22. The van der Waals surface area contributed by atoms with Gasteiger partial charge < -0.3 is 9.72 Å². The second-order valence-corrected chi connectivity index (χ2v) is 8.02. The topological polar surface area (TPSA) is 101 Å². The van der Waals surface area contributed by atoms with E-state index in [1.807, 2.05) is 0 Å². The lowest BCUT2D eigenvalue weighted by Gasteiger charge is -2.08. The van der Waals surface area contributed by atoms with Crippen LogP contribution in [0.2, 0.25) is 0 Å². The average Bonchev–Trinajstić information content (AvgIpc) is 3.23. The van der Waals surface area contributed by atoms with Gasteiger partial charge in [-0.1, -0.05) is 0 Å². The highest BCUT2D eigenvalue weighted by Gasteiger charge is 2.17. The minimum atomic E-state index is -0.670. The number of nitrogens with one attached hydrogen (secondary N) is 1. The molecule has 9 heteroatoms. The maximum Gasteiger partial charge on any atom is 0.333 e. The number of aromatic nitrogens is 3. The molecule has 0 aliphatic rings. The minimum absolute atomic E-state index is 0.184. The molecular formula is C23H13FN4O3S. The molecule has 0 bridgehead atoms. The lowest BCUT2D eigenvalue weighted by Crippen LogP contribution is -2.33. The van der Waals surface area contributed by atoms with Gasteiger partial charge in [0, 0.05) is 27.4 Å². The van der Waals surface area contributed by atoms with E-state index in [2.05, 4.69) is 16.0 Å². The van der Waals surface area contributed by atoms with Gasteiger partial charge in [-0.3, -0.25) is 9.78 Å². The van der Waals surface area contributed by atoms with Crippen molar-refractivity contribution in [3.63, 3.8) is 0 Å². The van der Waals surface area contributed by atoms with E-state index in [0.717, 1.165) is 15.9 Å². The molecule has 3 heterocycles. The summed E-state index contributed by atoms with van der Waals surface area (Å²) in [6.45, 7) is 0. The van der Waals surface area contributed by atoms with Crippen molar-refractivity contribution in [2.24, 2.45) is 0 Å². The maximum atomic E-state index is 13.9. The fourth-order valence-electron chi connectivity index (χ4n) is 3.61. The number of halogens is 1. The minimum Gasteiger partial charge on any atom is -0.497 e. The van der Waals surface area contributed by atoms with Gasteiger partial charge in [-0.2, -0.15) is 5.26 Å². The lowest BCUT2D eigenvalue weighted by atomic mass is 10.1. The van der Waals surface area contributed by atoms with Crippen LogP contribution in [0.15, 0.2) is 64.4 Å². The molecule has 0 fully saturated rings. The monoisotopic (exact) mass is 444 g/mol. The number of nitriles is 1. The molecule has 0 unspecified atom stereocenters. The zero-order valence-electron chi connectivity index (χ0n) is 16.5. The molecule has 0 spiro atoms. The molecule has 0 atom stereocenters. The van der Waals surface area contributed by atoms with E-state index in [9.17, 15) is 19.2 Å². The summed E-state index contributed by atoms with van der Waals surface area (Å²) in [6, 6.07) is 12.9. The van der Waals surface area contributed by atoms with E-state index in [1.165, 1.54) is 37.7 Å². The van der Waals surface area contributed by atoms with Crippen LogP contribution in [0, 0.1) is 17.1 Å². The zero-order valence-corrected chi connectivity index (χ0v) is 17.4. The van der Waals surface area contributed by atoms with Crippen LogP contribution in [0.3, 0.4) is 0 Å². The first kappa shape index (κ1) is 19.7. The molecule has 7 nitrogen and oxygen atoms in total. The lowest BCUT2D eigenvalue weighted by molar-refractivity contribution is 0.415. The first-order valence-corrected chi connectivity index (χ1v) is 10.2. The Kier molecular flexibility index (Phi) is 4.57. The SMILES string of the molecule is COc1ccc(C#N)c(-c2cc3[nH]c(=O)n(-c4cncc5ccc(F)cc45)c(=O)c3s2)c1. The molecule has 5 rings (SSSR count). The van der Waals surface area contributed by atoms with E-state index >= 15 is 0 Å². The Balaban J connectivity index is 1.78. The fraction of sp³-hybridized carbons (Fsp3) is 0.0435. The van der Waals surface area contributed by atoms with Crippen LogP contribution >= 0.6 is 11.3 Å². The first-order valence-electron chi connectivity index (χ1n) is 9.41. The van der Waals surface area contributed by atoms with Crippen molar-refractivity contribution in [1.82, 2.24) is 14.5 Å². The molecule has 0 saturated carbocycles. The summed E-state index contributed by atoms with van der Waals surface area (Å²) < 4.78 is 20.4. The highest BCUT2D eigenvalue weighted by Crippen LogP contribution is 2.35. The van der Waals surface area contributed by atoms with Gasteiger partial charge in [0.2, 0.25) is 0 Å². The Bertz CT molecular complexity index is 1690. The highest BCUT2D eigenvalue weighted by atomic mass is 32.1. The van der Waals surface area contributed by atoms with Gasteiger partial charge in [-0.15, -0.1) is 11.3 Å². The molecule has 0 radical (unpaired) electrons. The van der Waals surface area contributed by atoms with Crippen LogP contribution in [0.25, 0.3) is 37.1 Å². The van der Waals surface area contributed by atoms with E-state index in [4.69, 9.17) is 4.74 Å². The largest absolute Gasteiger partial charge is 0.497 e. The molecule has 0 aliphatic carbocycles. The first-order chi connectivity index (χ1) is 15.5. The van der Waals surface area contributed by atoms with E-state index in [-0.39, 0.29) is 5.69 Å². The number of nitrogens with zero attached hydrogens (tertiary/aromatic N) is 3. The van der Waals surface area contributed by atoms with Crippen molar-refractivity contribution >= 4 is 32.3 Å². The van der Waals surface area contributed by atoms with Crippen LogP contribution in [0.4, 0.5) is 4.39 Å². The van der Waals surface area contributed by atoms with Gasteiger partial charge in [-0.25, -0.2) is 13.8 Å². The average molecular weight is 444 g/mol. The van der Waals surface area contributed by atoms with E-state index in [0.29, 0.717) is 42.7 Å². The molecule has 5 aromatic rings. The summed E-state index contributed by atoms with van der Waals surface area (Å²) in [5.41, 5.74) is 0.311. The number of aromatic amines is 1. The van der Waals surface area contributed by atoms with Crippen LogP contribution in [0.1, 0.15) is 5.56 Å². The number of methoxy groups -OCH3 is 1. The third-order valence-corrected chi connectivity index (χ3v) is 6.29. The Labute approximate surface area is 183 Å². The summed E-state index contributed by atoms with van der Waals surface area (Å²) in [5.74, 6) is 0.0715. The smallest absolute Gasteiger partial charge is 0.333 e. The number of benzene rings is 2. The van der Waals surface area contributed by atoms with Crippen LogP contribution in [0.5, 0.6) is 5.75 Å². The molecule has 0 saturated heterocycles. The summed E-state index contributed by atoms with van der Waals surface area (Å²) in [4.78, 5) is 33.7. The van der Waals surface area contributed by atoms with Crippen molar-refractivity contribution in [3.8, 4) is 27.9 Å². The second kappa shape index (κ2) is 7.44. The number of thiophene rings is 1. The molecule has 156 valence electrons. The predicted molar refractivity (Wildman–Crippen MR) is 120 cm³/mol. The quantitative estimate of drug-likeness (QED) is 0.454. The van der Waals surface area contributed by atoms with Crippen molar-refractivity contribution in [2.75, 3.05) is 7.11 Å². The summed E-state index contributed by atoms with van der Waals surface area (Å²) in [5, 5.41) is 10.5. The second-order valence-electron chi connectivity index (χ2n) is 6.97. The van der Waals surface area contributed by atoms with Gasteiger partial charge in [0.1, 0.15) is 16.3 Å². The zero-order chi connectivity index (χ0) is 22.4. The van der Waals surface area contributed by atoms with Gasteiger partial charge in [-0.05, 0) is 42.5 Å². The van der Waals surface area contributed by atoms with Crippen molar-refractivity contribution in [3.05, 3.63) is 87.1 Å². The molecule has 0 aliphatic heterocycles. The summed E-state index contributed by atoms with van der Waals surface area (Å²) in [7, 11) is 1.52. The molecule has 2 aromatic carbocycles. The Morgan fingerprint density at radius 2 is 2.00 bits per heavy atom. The maximum absolute atomic E-state index is 13.9. The molecule has 3 aromatic heterocycles. The number of hydrogen-bond donors (Lipinski definition) is 1. The van der Waals surface area contributed by atoms with Crippen LogP contribution in [-0.4, -0.2) is 21.6 Å². The fourth-order valence-corrected chi connectivity index (χ4v) is 4.68. The number of H-pyrrole nitrogens is 1. The molecule has 1 N–H and O–H groups in total. The molecule has 32 heavy (non-hydrogen) atoms. The molecule has 0 amide bonds. The third kappa shape index (κ3) is 3.05. The Morgan fingerprint density at radius 3 is 2.78 bits per heavy atom. The number of ether oxygens (including phenoxy) is 1. The van der Waals surface area contributed by atoms with Gasteiger partial charge in [0.25, 0.3) is 5.56 Å². The number of pyridine rings is 1. The number of hydrogen-bond acceptors (Lipinski definition) is 6. The Morgan fingerprint density at radius 1 is 1.16 bits per heavy atom. The third-order valence-electron chi connectivity index (χ3n) is 5.13. The van der Waals surface area contributed by atoms with Gasteiger partial charge in [0.15, 0.2) is 0 Å². The van der Waals surface area contributed by atoms with Gasteiger partial charge >= 0.3 is 5.69 Å². The van der Waals surface area contributed by atoms with Crippen LogP contribution in [-0.2, 0) is 0 Å². The summed E-state index contributed by atoms with van der Waals surface area (Å²) in [6.07, 6.45) is 2.89. The predicted octanol–water partition coefficient (Wildman–Crippen LogP) is 3.98. The van der Waals surface area contributed by atoms with Crippen molar-refractivity contribution in [1.29, 1.82) is 5.26 Å². The van der Waals surface area contributed by atoms with E-state index < -0.39 is 17.1 Å². The normalized spacial score (nSPS) is 11.0. The van der Waals surface area contributed by atoms with Crippen LogP contribution < -0.4 is 16.0 Å². The molecular weight excluding hydrogens is 431 g/mol. The van der Waals surface area contributed by atoms with Gasteiger partial charge in [0.05, 0.1) is 36.1 Å². The number of rotatable bonds is 3. The van der Waals surface area contributed by atoms with E-state index in [1.54, 1.807) is 24.3 Å². The number of fused-ring (bicyclic) bond motifs is 2.